The molecule has 1 aliphatic rings. The molecule has 7 heteroatoms. The lowest BCUT2D eigenvalue weighted by molar-refractivity contribution is -0.127. The Morgan fingerprint density at radius 1 is 1.12 bits per heavy atom. The first-order valence-electron chi connectivity index (χ1n) is 10.9. The van der Waals surface area contributed by atoms with Crippen LogP contribution in [0.25, 0.3) is 0 Å². The van der Waals surface area contributed by atoms with Crippen molar-refractivity contribution in [2.45, 2.75) is 59.2 Å². The zero-order valence-corrected chi connectivity index (χ0v) is 20.3. The summed E-state index contributed by atoms with van der Waals surface area (Å²) in [6.45, 7) is 12.2. The number of nitrogens with zero attached hydrogens (tertiary/aromatic N) is 3. The van der Waals surface area contributed by atoms with Crippen LogP contribution in [0.15, 0.2) is 53.5 Å². The highest BCUT2D eigenvalue weighted by atomic mass is 35.5. The molecular weight excluding hydrogens is 424 g/mol. The van der Waals surface area contributed by atoms with Crippen molar-refractivity contribution < 1.29 is 9.59 Å². The molecule has 0 aliphatic carbocycles. The molecule has 0 spiro atoms. The first-order chi connectivity index (χ1) is 15.0. The van der Waals surface area contributed by atoms with Crippen molar-refractivity contribution in [1.29, 1.82) is 0 Å². The van der Waals surface area contributed by atoms with Crippen LogP contribution in [0.3, 0.4) is 0 Å². The minimum absolute atomic E-state index is 0.123. The average molecular weight is 455 g/mol. The van der Waals surface area contributed by atoms with Crippen molar-refractivity contribution in [2.75, 3.05) is 6.54 Å². The van der Waals surface area contributed by atoms with E-state index in [1.807, 2.05) is 70.7 Å². The molecule has 0 aromatic heterocycles. The standard InChI is InChI=1S/C25H31ClN4O2/c1-7-29-21(22(31)28-25(4,5)6)19-10-8-9-11-20(19)27-24(29)30(16(2)3)23(32)17-12-14-18(26)15-13-17/h8-16,21H,7H2,1-6H3,(H,28,31). The molecule has 32 heavy (non-hydrogen) atoms. The lowest BCUT2D eigenvalue weighted by atomic mass is 9.98. The van der Waals surface area contributed by atoms with E-state index in [1.54, 1.807) is 29.2 Å². The summed E-state index contributed by atoms with van der Waals surface area (Å²) in [4.78, 5) is 35.4. The number of rotatable bonds is 4. The van der Waals surface area contributed by atoms with Gasteiger partial charge in [0.15, 0.2) is 0 Å². The van der Waals surface area contributed by atoms with E-state index in [4.69, 9.17) is 16.6 Å². The predicted molar refractivity (Wildman–Crippen MR) is 129 cm³/mol. The minimum atomic E-state index is -0.595. The largest absolute Gasteiger partial charge is 0.349 e. The van der Waals surface area contributed by atoms with Gasteiger partial charge in [-0.2, -0.15) is 0 Å². The van der Waals surface area contributed by atoms with E-state index in [0.717, 1.165) is 5.56 Å². The first-order valence-corrected chi connectivity index (χ1v) is 11.3. The highest BCUT2D eigenvalue weighted by Crippen LogP contribution is 2.36. The topological polar surface area (TPSA) is 65.0 Å². The summed E-state index contributed by atoms with van der Waals surface area (Å²) in [5.41, 5.74) is 1.63. The number of aliphatic imine (C=N–C) groups is 1. The summed E-state index contributed by atoms with van der Waals surface area (Å²) >= 11 is 6.01. The van der Waals surface area contributed by atoms with Gasteiger partial charge in [0.25, 0.3) is 5.91 Å². The van der Waals surface area contributed by atoms with E-state index in [9.17, 15) is 9.59 Å². The quantitative estimate of drug-likeness (QED) is 0.693. The first kappa shape index (κ1) is 23.8. The van der Waals surface area contributed by atoms with Gasteiger partial charge in [-0.15, -0.1) is 0 Å². The molecule has 0 fully saturated rings. The maximum Gasteiger partial charge on any atom is 0.260 e. The fourth-order valence-electron chi connectivity index (χ4n) is 3.80. The van der Waals surface area contributed by atoms with Crippen molar-refractivity contribution in [3.63, 3.8) is 0 Å². The Morgan fingerprint density at radius 2 is 1.75 bits per heavy atom. The highest BCUT2D eigenvalue weighted by Gasteiger charge is 2.39. The molecule has 0 bridgehead atoms. The van der Waals surface area contributed by atoms with Crippen molar-refractivity contribution in [3.8, 4) is 0 Å². The van der Waals surface area contributed by atoms with Gasteiger partial charge in [0.2, 0.25) is 11.9 Å². The van der Waals surface area contributed by atoms with Gasteiger partial charge in [0, 0.05) is 34.3 Å². The van der Waals surface area contributed by atoms with Crippen LogP contribution in [0.2, 0.25) is 5.02 Å². The second kappa shape index (κ2) is 9.33. The van der Waals surface area contributed by atoms with Gasteiger partial charge in [-0.1, -0.05) is 29.8 Å². The van der Waals surface area contributed by atoms with Crippen LogP contribution in [0, 0.1) is 0 Å². The van der Waals surface area contributed by atoms with Crippen LogP contribution >= 0.6 is 11.6 Å². The summed E-state index contributed by atoms with van der Waals surface area (Å²) in [5, 5.41) is 3.66. The Balaban J connectivity index is 2.12. The van der Waals surface area contributed by atoms with Crippen LogP contribution < -0.4 is 5.32 Å². The monoisotopic (exact) mass is 454 g/mol. The predicted octanol–water partition coefficient (Wildman–Crippen LogP) is 5.17. The number of likely N-dealkylation sites (N-methyl/N-ethyl adjacent to an activating group) is 1. The normalized spacial score (nSPS) is 15.8. The Labute approximate surface area is 195 Å². The lowest BCUT2D eigenvalue weighted by Gasteiger charge is -2.42. The van der Waals surface area contributed by atoms with Crippen molar-refractivity contribution in [3.05, 3.63) is 64.7 Å². The molecule has 170 valence electrons. The number of amides is 2. The summed E-state index contributed by atoms with van der Waals surface area (Å²) in [7, 11) is 0. The maximum absolute atomic E-state index is 13.6. The van der Waals surface area contributed by atoms with Crippen molar-refractivity contribution >= 4 is 35.1 Å². The molecule has 2 aromatic carbocycles. The molecule has 1 N–H and O–H groups in total. The van der Waals surface area contributed by atoms with Gasteiger partial charge in [-0.05, 0) is 71.9 Å². The third-order valence-electron chi connectivity index (χ3n) is 5.15. The summed E-state index contributed by atoms with van der Waals surface area (Å²) in [6, 6.07) is 13.6. The third-order valence-corrected chi connectivity index (χ3v) is 5.40. The van der Waals surface area contributed by atoms with Crippen LogP contribution in [0.4, 0.5) is 5.69 Å². The zero-order valence-electron chi connectivity index (χ0n) is 19.5. The molecule has 1 heterocycles. The fourth-order valence-corrected chi connectivity index (χ4v) is 3.93. The summed E-state index contributed by atoms with van der Waals surface area (Å²) < 4.78 is 0. The van der Waals surface area contributed by atoms with E-state index >= 15 is 0 Å². The Hall–Kier alpha value is -2.86. The molecule has 1 aliphatic heterocycles. The number of carbonyl (C=O) groups excluding carboxylic acids is 2. The Bertz CT molecular complexity index is 1020. The number of nitrogens with one attached hydrogen (secondary N) is 1. The zero-order chi connectivity index (χ0) is 23.6. The molecule has 6 nitrogen and oxygen atoms in total. The van der Waals surface area contributed by atoms with Crippen molar-refractivity contribution in [1.82, 2.24) is 15.1 Å². The minimum Gasteiger partial charge on any atom is -0.349 e. The Kier molecular flexibility index (Phi) is 6.94. The van der Waals surface area contributed by atoms with Crippen LogP contribution in [0.1, 0.15) is 63.5 Å². The van der Waals surface area contributed by atoms with E-state index in [2.05, 4.69) is 5.32 Å². The molecule has 1 unspecified atom stereocenters. The van der Waals surface area contributed by atoms with Crippen molar-refractivity contribution in [2.24, 2.45) is 4.99 Å². The van der Waals surface area contributed by atoms with Crippen LogP contribution in [0.5, 0.6) is 0 Å². The second-order valence-corrected chi connectivity index (χ2v) is 9.61. The molecule has 2 aromatic rings. The van der Waals surface area contributed by atoms with Gasteiger partial charge in [-0.25, -0.2) is 4.99 Å². The smallest absolute Gasteiger partial charge is 0.260 e. The van der Waals surface area contributed by atoms with Crippen LogP contribution in [-0.2, 0) is 4.79 Å². The number of carbonyl (C=O) groups is 2. The van der Waals surface area contributed by atoms with Gasteiger partial charge in [-0.3, -0.25) is 14.5 Å². The molecule has 3 rings (SSSR count). The van der Waals surface area contributed by atoms with Gasteiger partial charge in [0.05, 0.1) is 5.69 Å². The van der Waals surface area contributed by atoms with E-state index in [-0.39, 0.29) is 17.9 Å². The number of guanidine groups is 1. The van der Waals surface area contributed by atoms with Gasteiger partial charge < -0.3 is 10.2 Å². The lowest BCUT2D eigenvalue weighted by Crippen LogP contribution is -2.56. The van der Waals surface area contributed by atoms with E-state index in [0.29, 0.717) is 28.8 Å². The summed E-state index contributed by atoms with van der Waals surface area (Å²) in [5.74, 6) is 0.153. The van der Waals surface area contributed by atoms with E-state index in [1.165, 1.54) is 0 Å². The third kappa shape index (κ3) is 4.96. The highest BCUT2D eigenvalue weighted by molar-refractivity contribution is 6.30. The number of para-hydroxylation sites is 1. The van der Waals surface area contributed by atoms with Crippen LogP contribution in [-0.4, -0.2) is 45.7 Å². The maximum atomic E-state index is 13.6. The SMILES string of the molecule is CCN1C(N(C(=O)c2ccc(Cl)cc2)C(C)C)=Nc2ccccc2C1C(=O)NC(C)(C)C. The number of hydrogen-bond acceptors (Lipinski definition) is 4. The number of halogens is 1. The van der Waals surface area contributed by atoms with Gasteiger partial charge in [0.1, 0.15) is 6.04 Å². The molecule has 2 amide bonds. The number of hydrogen-bond donors (Lipinski definition) is 1. The molecule has 0 saturated carbocycles. The number of fused-ring (bicyclic) bond motifs is 1. The number of benzene rings is 2. The van der Waals surface area contributed by atoms with Gasteiger partial charge >= 0.3 is 0 Å². The molecular formula is C25H31ClN4O2. The fraction of sp³-hybridized carbons (Fsp3) is 0.400. The average Bonchev–Trinajstić information content (AvgIpc) is 2.71. The van der Waals surface area contributed by atoms with E-state index < -0.39 is 11.6 Å². The molecule has 1 atom stereocenters. The molecule has 0 radical (unpaired) electrons. The Morgan fingerprint density at radius 3 is 2.31 bits per heavy atom. The summed E-state index contributed by atoms with van der Waals surface area (Å²) in [6.07, 6.45) is 0. The second-order valence-electron chi connectivity index (χ2n) is 9.17. The molecule has 0 saturated heterocycles.